The number of carbonyl (C=O) groups is 1. The van der Waals surface area contributed by atoms with Gasteiger partial charge in [-0.15, -0.1) is 0 Å². The zero-order valence-corrected chi connectivity index (χ0v) is 10.7. The van der Waals surface area contributed by atoms with Crippen molar-refractivity contribution in [3.63, 3.8) is 0 Å². The summed E-state index contributed by atoms with van der Waals surface area (Å²) in [6.45, 7) is 3.61. The number of piperidine rings is 1. The van der Waals surface area contributed by atoms with Crippen LogP contribution in [0.5, 0.6) is 0 Å². The third kappa shape index (κ3) is 2.65. The fourth-order valence-electron chi connectivity index (χ4n) is 3.26. The molecule has 0 spiro atoms. The van der Waals surface area contributed by atoms with Gasteiger partial charge in [-0.25, -0.2) is 0 Å². The van der Waals surface area contributed by atoms with Crippen molar-refractivity contribution in [3.8, 4) is 0 Å². The monoisotopic (exact) mass is 236 g/mol. The summed E-state index contributed by atoms with van der Waals surface area (Å²) in [5, 5.41) is 3.42. The molecule has 2 aliphatic carbocycles. The normalized spacial score (nSPS) is 26.9. The minimum absolute atomic E-state index is 0.316. The maximum absolute atomic E-state index is 12.0. The molecule has 3 rings (SSSR count). The molecule has 3 heteroatoms. The van der Waals surface area contributed by atoms with Crippen molar-refractivity contribution in [1.82, 2.24) is 10.2 Å². The number of likely N-dealkylation sites (tertiary alicyclic amines) is 1. The Morgan fingerprint density at radius 2 is 1.88 bits per heavy atom. The second kappa shape index (κ2) is 4.60. The van der Waals surface area contributed by atoms with Gasteiger partial charge >= 0.3 is 0 Å². The van der Waals surface area contributed by atoms with Crippen LogP contribution < -0.4 is 5.32 Å². The SMILES string of the molecule is O=C(CNCC1(C2CC2)CC1)N1CCCCC1. The van der Waals surface area contributed by atoms with Crippen molar-refractivity contribution in [1.29, 1.82) is 0 Å². The Balaban J connectivity index is 1.37. The van der Waals surface area contributed by atoms with Crippen LogP contribution >= 0.6 is 0 Å². The summed E-state index contributed by atoms with van der Waals surface area (Å²) in [6.07, 6.45) is 9.33. The van der Waals surface area contributed by atoms with Crippen molar-refractivity contribution in [3.05, 3.63) is 0 Å². The summed E-state index contributed by atoms with van der Waals surface area (Å²) < 4.78 is 0. The Bertz CT molecular complexity index is 289. The summed E-state index contributed by atoms with van der Waals surface area (Å²) in [5.41, 5.74) is 0.613. The van der Waals surface area contributed by atoms with E-state index in [-0.39, 0.29) is 0 Å². The third-order valence-electron chi connectivity index (χ3n) is 4.80. The van der Waals surface area contributed by atoms with E-state index in [2.05, 4.69) is 5.32 Å². The van der Waals surface area contributed by atoms with Gasteiger partial charge in [-0.05, 0) is 56.3 Å². The van der Waals surface area contributed by atoms with Crippen molar-refractivity contribution in [2.45, 2.75) is 44.9 Å². The van der Waals surface area contributed by atoms with Gasteiger partial charge in [0.1, 0.15) is 0 Å². The third-order valence-corrected chi connectivity index (χ3v) is 4.80. The molecule has 1 heterocycles. The van der Waals surface area contributed by atoms with Crippen LogP contribution in [0.2, 0.25) is 0 Å². The van der Waals surface area contributed by atoms with Crippen LogP contribution in [0.4, 0.5) is 0 Å². The molecule has 0 aromatic rings. The first-order valence-electron chi connectivity index (χ1n) is 7.29. The highest BCUT2D eigenvalue weighted by Crippen LogP contribution is 2.60. The molecule has 96 valence electrons. The van der Waals surface area contributed by atoms with Crippen LogP contribution in [0.3, 0.4) is 0 Å². The molecule has 0 aromatic heterocycles. The van der Waals surface area contributed by atoms with Gasteiger partial charge in [0.25, 0.3) is 0 Å². The van der Waals surface area contributed by atoms with Crippen LogP contribution in [-0.4, -0.2) is 37.0 Å². The van der Waals surface area contributed by atoms with E-state index in [1.807, 2.05) is 4.90 Å². The number of nitrogens with one attached hydrogen (secondary N) is 1. The van der Waals surface area contributed by atoms with Crippen molar-refractivity contribution in [2.24, 2.45) is 11.3 Å². The first-order valence-corrected chi connectivity index (χ1v) is 7.29. The average molecular weight is 236 g/mol. The zero-order valence-electron chi connectivity index (χ0n) is 10.7. The van der Waals surface area contributed by atoms with E-state index < -0.39 is 0 Å². The molecule has 1 N–H and O–H groups in total. The summed E-state index contributed by atoms with van der Waals surface area (Å²) >= 11 is 0. The molecular formula is C14H24N2O. The van der Waals surface area contributed by atoms with Gasteiger partial charge in [0, 0.05) is 19.6 Å². The molecule has 0 unspecified atom stereocenters. The van der Waals surface area contributed by atoms with E-state index in [9.17, 15) is 4.79 Å². The van der Waals surface area contributed by atoms with Gasteiger partial charge in [0.15, 0.2) is 0 Å². The lowest BCUT2D eigenvalue weighted by Gasteiger charge is -2.27. The predicted octanol–water partition coefficient (Wildman–Crippen LogP) is 1.78. The van der Waals surface area contributed by atoms with Crippen molar-refractivity contribution >= 4 is 5.91 Å². The fourth-order valence-corrected chi connectivity index (χ4v) is 3.26. The minimum Gasteiger partial charge on any atom is -0.342 e. The molecule has 17 heavy (non-hydrogen) atoms. The molecule has 1 saturated heterocycles. The molecule has 3 nitrogen and oxygen atoms in total. The van der Waals surface area contributed by atoms with Gasteiger partial charge in [-0.3, -0.25) is 4.79 Å². The Hall–Kier alpha value is -0.570. The molecule has 0 aromatic carbocycles. The van der Waals surface area contributed by atoms with Crippen LogP contribution in [0.1, 0.15) is 44.9 Å². The number of nitrogens with zero attached hydrogens (tertiary/aromatic N) is 1. The van der Waals surface area contributed by atoms with Crippen LogP contribution in [0.25, 0.3) is 0 Å². The quantitative estimate of drug-likeness (QED) is 0.789. The highest BCUT2D eigenvalue weighted by molar-refractivity contribution is 5.78. The molecular weight excluding hydrogens is 212 g/mol. The zero-order chi connectivity index (χ0) is 11.7. The van der Waals surface area contributed by atoms with E-state index in [0.29, 0.717) is 17.9 Å². The lowest BCUT2D eigenvalue weighted by Crippen LogP contribution is -2.42. The van der Waals surface area contributed by atoms with Gasteiger partial charge in [-0.1, -0.05) is 0 Å². The van der Waals surface area contributed by atoms with Crippen LogP contribution in [-0.2, 0) is 4.79 Å². The maximum Gasteiger partial charge on any atom is 0.236 e. The molecule has 3 aliphatic rings. The highest BCUT2D eigenvalue weighted by Gasteiger charge is 2.53. The van der Waals surface area contributed by atoms with Crippen molar-refractivity contribution < 1.29 is 4.79 Å². The molecule has 2 saturated carbocycles. The van der Waals surface area contributed by atoms with E-state index in [1.54, 1.807) is 0 Å². The maximum atomic E-state index is 12.0. The minimum atomic E-state index is 0.316. The number of rotatable bonds is 5. The summed E-state index contributed by atoms with van der Waals surface area (Å²) in [7, 11) is 0. The Morgan fingerprint density at radius 3 is 2.47 bits per heavy atom. The van der Waals surface area contributed by atoms with E-state index in [4.69, 9.17) is 0 Å². The van der Waals surface area contributed by atoms with Gasteiger partial charge < -0.3 is 10.2 Å². The second-order valence-corrected chi connectivity index (χ2v) is 6.18. The molecule has 3 fully saturated rings. The lowest BCUT2D eigenvalue weighted by molar-refractivity contribution is -0.131. The lowest BCUT2D eigenvalue weighted by atomic mass is 10.0. The standard InChI is InChI=1S/C14H24N2O/c17-13(16-8-2-1-3-9-16)10-15-11-14(6-7-14)12-4-5-12/h12,15H,1-11H2. The smallest absolute Gasteiger partial charge is 0.236 e. The van der Waals surface area contributed by atoms with Gasteiger partial charge in [0.05, 0.1) is 6.54 Å². The van der Waals surface area contributed by atoms with Gasteiger partial charge in [-0.2, -0.15) is 0 Å². The largest absolute Gasteiger partial charge is 0.342 e. The average Bonchev–Trinajstić information content (AvgIpc) is 3.23. The summed E-state index contributed by atoms with van der Waals surface area (Å²) in [4.78, 5) is 14.0. The second-order valence-electron chi connectivity index (χ2n) is 6.18. The Labute approximate surface area is 104 Å². The van der Waals surface area contributed by atoms with E-state index >= 15 is 0 Å². The van der Waals surface area contributed by atoms with Crippen molar-refractivity contribution in [2.75, 3.05) is 26.2 Å². The topological polar surface area (TPSA) is 32.3 Å². The van der Waals surface area contributed by atoms with Gasteiger partial charge in [0.2, 0.25) is 5.91 Å². The highest BCUT2D eigenvalue weighted by atomic mass is 16.2. The first-order chi connectivity index (χ1) is 8.30. The molecule has 0 radical (unpaired) electrons. The number of hydrogen-bond acceptors (Lipinski definition) is 2. The first kappa shape index (κ1) is 11.5. The number of carbonyl (C=O) groups excluding carboxylic acids is 1. The number of hydrogen-bond donors (Lipinski definition) is 1. The summed E-state index contributed by atoms with van der Waals surface area (Å²) in [5.74, 6) is 1.30. The molecule has 1 aliphatic heterocycles. The number of amides is 1. The Morgan fingerprint density at radius 1 is 1.18 bits per heavy atom. The predicted molar refractivity (Wildman–Crippen MR) is 67.7 cm³/mol. The molecule has 0 bridgehead atoms. The van der Waals surface area contributed by atoms with E-state index in [1.165, 1.54) is 44.9 Å². The van der Waals surface area contributed by atoms with Crippen LogP contribution in [0.15, 0.2) is 0 Å². The van der Waals surface area contributed by atoms with Crippen LogP contribution in [0, 0.1) is 11.3 Å². The summed E-state index contributed by atoms with van der Waals surface area (Å²) in [6, 6.07) is 0. The fraction of sp³-hybridized carbons (Fsp3) is 0.929. The Kier molecular flexibility index (Phi) is 3.12. The molecule has 0 atom stereocenters. The molecule has 1 amide bonds. The van der Waals surface area contributed by atoms with E-state index in [0.717, 1.165) is 25.6 Å².